The molecule has 0 N–H and O–H groups in total. The third kappa shape index (κ3) is 4.28. The molecule has 3 aromatic heterocycles. The quantitative estimate of drug-likeness (QED) is 0.667. The van der Waals surface area contributed by atoms with Crippen LogP contribution in [0.1, 0.15) is 41.9 Å². The Morgan fingerprint density at radius 1 is 1.11 bits per heavy atom. The second-order valence-electron chi connectivity index (χ2n) is 7.53. The van der Waals surface area contributed by atoms with Gasteiger partial charge in [-0.3, -0.25) is 9.88 Å². The van der Waals surface area contributed by atoms with Crippen molar-refractivity contribution in [2.75, 3.05) is 6.54 Å². The average molecular weight is 383 g/mol. The van der Waals surface area contributed by atoms with Crippen molar-refractivity contribution in [1.82, 2.24) is 19.9 Å². The first-order valence-corrected chi connectivity index (χ1v) is 10.4. The summed E-state index contributed by atoms with van der Waals surface area (Å²) in [5.74, 6) is 0.941. The number of pyridine rings is 2. The number of hydrogen-bond acceptors (Lipinski definition) is 6. The second-order valence-corrected chi connectivity index (χ2v) is 8.76. The predicted octanol–water partition coefficient (Wildman–Crippen LogP) is 4.44. The summed E-state index contributed by atoms with van der Waals surface area (Å²) in [7, 11) is 0. The lowest BCUT2D eigenvalue weighted by Gasteiger charge is -2.37. The lowest BCUT2D eigenvalue weighted by atomic mass is 10.00. The monoisotopic (exact) mass is 382 g/mol. The smallest absolute Gasteiger partial charge is 0.170 e. The van der Waals surface area contributed by atoms with E-state index in [4.69, 9.17) is 9.72 Å². The van der Waals surface area contributed by atoms with Gasteiger partial charge in [-0.15, -0.1) is 11.3 Å². The van der Waals surface area contributed by atoms with Gasteiger partial charge in [0.1, 0.15) is 11.9 Å². The zero-order valence-corrected chi connectivity index (χ0v) is 17.2. The molecule has 142 valence electrons. The number of nitrogens with zero attached hydrogens (tertiary/aromatic N) is 4. The summed E-state index contributed by atoms with van der Waals surface area (Å²) in [6, 6.07) is 8.80. The fraction of sp³-hybridized carbons (Fsp3) is 0.476. The van der Waals surface area contributed by atoms with Crippen molar-refractivity contribution in [2.45, 2.75) is 59.2 Å². The van der Waals surface area contributed by atoms with E-state index in [2.05, 4.69) is 33.9 Å². The van der Waals surface area contributed by atoms with E-state index in [0.29, 0.717) is 6.04 Å². The van der Waals surface area contributed by atoms with Crippen LogP contribution in [-0.4, -0.2) is 38.5 Å². The van der Waals surface area contributed by atoms with Gasteiger partial charge in [0.15, 0.2) is 5.65 Å². The minimum absolute atomic E-state index is 0.258. The highest BCUT2D eigenvalue weighted by molar-refractivity contribution is 7.18. The number of aryl methyl sites for hydroxylation is 3. The molecular formula is C21H26N4OS. The molecular weight excluding hydrogens is 356 g/mol. The molecule has 0 amide bonds. The molecule has 0 bridgehead atoms. The first-order chi connectivity index (χ1) is 13.0. The Morgan fingerprint density at radius 3 is 2.63 bits per heavy atom. The molecule has 4 heterocycles. The molecule has 1 aliphatic rings. The van der Waals surface area contributed by atoms with Crippen molar-refractivity contribution in [3.63, 3.8) is 0 Å². The van der Waals surface area contributed by atoms with Gasteiger partial charge in [0, 0.05) is 42.7 Å². The lowest BCUT2D eigenvalue weighted by Crippen LogP contribution is -2.44. The van der Waals surface area contributed by atoms with Crippen molar-refractivity contribution in [3.8, 4) is 5.75 Å². The van der Waals surface area contributed by atoms with E-state index in [0.717, 1.165) is 59.4 Å². The Morgan fingerprint density at radius 2 is 1.89 bits per heavy atom. The normalized spacial score (nSPS) is 20.9. The minimum atomic E-state index is 0.258. The highest BCUT2D eigenvalue weighted by atomic mass is 32.1. The third-order valence-corrected chi connectivity index (χ3v) is 6.03. The zero-order chi connectivity index (χ0) is 19.0. The van der Waals surface area contributed by atoms with Gasteiger partial charge in [0.05, 0.1) is 15.4 Å². The van der Waals surface area contributed by atoms with Crippen molar-refractivity contribution >= 4 is 21.7 Å². The summed E-state index contributed by atoms with van der Waals surface area (Å²) in [4.78, 5) is 16.2. The van der Waals surface area contributed by atoms with Gasteiger partial charge in [0.25, 0.3) is 0 Å². The number of aromatic nitrogens is 3. The largest absolute Gasteiger partial charge is 0.490 e. The number of ether oxygens (including phenoxy) is 1. The molecule has 0 saturated carbocycles. The zero-order valence-electron chi connectivity index (χ0n) is 16.4. The molecule has 27 heavy (non-hydrogen) atoms. The SMILES string of the molecule is Cc1cc(O[C@@H]2CCN(Cc3ccc4sc(C)nc4n3)[C@@H](C)C2)cc(C)n1. The van der Waals surface area contributed by atoms with E-state index >= 15 is 0 Å². The Bertz CT molecular complexity index is 934. The van der Waals surface area contributed by atoms with E-state index in [-0.39, 0.29) is 6.10 Å². The van der Waals surface area contributed by atoms with Gasteiger partial charge >= 0.3 is 0 Å². The van der Waals surface area contributed by atoms with Crippen molar-refractivity contribution in [2.24, 2.45) is 0 Å². The number of hydrogen-bond donors (Lipinski definition) is 0. The summed E-state index contributed by atoms with van der Waals surface area (Å²) in [5, 5.41) is 1.07. The number of thiazole rings is 1. The van der Waals surface area contributed by atoms with E-state index < -0.39 is 0 Å². The number of piperidine rings is 1. The molecule has 1 saturated heterocycles. The first kappa shape index (κ1) is 18.3. The van der Waals surface area contributed by atoms with Gasteiger partial charge in [-0.2, -0.15) is 0 Å². The molecule has 5 nitrogen and oxygen atoms in total. The molecule has 6 heteroatoms. The molecule has 0 spiro atoms. The molecule has 0 aliphatic carbocycles. The maximum Gasteiger partial charge on any atom is 0.170 e. The van der Waals surface area contributed by atoms with Crippen LogP contribution >= 0.6 is 11.3 Å². The maximum atomic E-state index is 6.26. The van der Waals surface area contributed by atoms with E-state index in [1.807, 2.05) is 32.9 Å². The van der Waals surface area contributed by atoms with Gasteiger partial charge in [0.2, 0.25) is 0 Å². The Balaban J connectivity index is 1.39. The molecule has 0 unspecified atom stereocenters. The molecule has 3 aromatic rings. The summed E-state index contributed by atoms with van der Waals surface area (Å²) in [5.41, 5.74) is 3.99. The Labute approximate surface area is 164 Å². The van der Waals surface area contributed by atoms with Crippen molar-refractivity contribution in [3.05, 3.63) is 46.4 Å². The van der Waals surface area contributed by atoms with Crippen LogP contribution < -0.4 is 4.74 Å². The van der Waals surface area contributed by atoms with Crippen LogP contribution in [0.15, 0.2) is 24.3 Å². The fourth-order valence-corrected chi connectivity index (χ4v) is 4.61. The standard InChI is InChI=1S/C21H26N4OS/c1-13-9-19(10-14(2)22-13)26-18-7-8-25(15(3)11-18)12-17-5-6-20-21(24-17)23-16(4)27-20/h5-6,9-10,15,18H,7-8,11-12H2,1-4H3/t15-,18+/m0/s1. The number of rotatable bonds is 4. The average Bonchev–Trinajstić information content (AvgIpc) is 2.96. The topological polar surface area (TPSA) is 51.1 Å². The van der Waals surface area contributed by atoms with Crippen LogP contribution in [0.2, 0.25) is 0 Å². The van der Waals surface area contributed by atoms with Crippen LogP contribution in [-0.2, 0) is 6.54 Å². The van der Waals surface area contributed by atoms with Crippen LogP contribution in [0.3, 0.4) is 0 Å². The summed E-state index contributed by atoms with van der Waals surface area (Å²) in [6.45, 7) is 10.2. The fourth-order valence-electron chi connectivity index (χ4n) is 3.84. The first-order valence-electron chi connectivity index (χ1n) is 9.55. The molecule has 2 atom stereocenters. The highest BCUT2D eigenvalue weighted by Crippen LogP contribution is 2.26. The lowest BCUT2D eigenvalue weighted by molar-refractivity contribution is 0.0578. The van der Waals surface area contributed by atoms with Gasteiger partial charge in [-0.25, -0.2) is 9.97 Å². The highest BCUT2D eigenvalue weighted by Gasteiger charge is 2.27. The Kier molecular flexibility index (Phi) is 5.10. The van der Waals surface area contributed by atoms with Crippen molar-refractivity contribution in [1.29, 1.82) is 0 Å². The maximum absolute atomic E-state index is 6.26. The van der Waals surface area contributed by atoms with Gasteiger partial charge < -0.3 is 4.74 Å². The van der Waals surface area contributed by atoms with Gasteiger partial charge in [-0.1, -0.05) is 0 Å². The number of fused-ring (bicyclic) bond motifs is 1. The molecule has 0 radical (unpaired) electrons. The Hall–Kier alpha value is -2.05. The minimum Gasteiger partial charge on any atom is -0.490 e. The second kappa shape index (κ2) is 7.52. The van der Waals surface area contributed by atoms with Crippen LogP contribution in [0.4, 0.5) is 0 Å². The van der Waals surface area contributed by atoms with E-state index in [1.54, 1.807) is 11.3 Å². The molecule has 4 rings (SSSR count). The van der Waals surface area contributed by atoms with Crippen LogP contribution in [0, 0.1) is 20.8 Å². The van der Waals surface area contributed by atoms with Crippen LogP contribution in [0.25, 0.3) is 10.3 Å². The van der Waals surface area contributed by atoms with E-state index in [9.17, 15) is 0 Å². The number of likely N-dealkylation sites (tertiary alicyclic amines) is 1. The molecule has 0 aromatic carbocycles. The molecule has 1 aliphatic heterocycles. The van der Waals surface area contributed by atoms with E-state index in [1.165, 1.54) is 4.70 Å². The van der Waals surface area contributed by atoms with Crippen LogP contribution in [0.5, 0.6) is 5.75 Å². The summed E-state index contributed by atoms with van der Waals surface area (Å²) >= 11 is 1.70. The predicted molar refractivity (Wildman–Crippen MR) is 109 cm³/mol. The third-order valence-electron chi connectivity index (χ3n) is 5.11. The summed E-state index contributed by atoms with van der Waals surface area (Å²) in [6.07, 6.45) is 2.32. The van der Waals surface area contributed by atoms with Gasteiger partial charge in [-0.05, 0) is 52.7 Å². The summed E-state index contributed by atoms with van der Waals surface area (Å²) < 4.78 is 7.42. The molecule has 1 fully saturated rings. The van der Waals surface area contributed by atoms with Crippen molar-refractivity contribution < 1.29 is 4.74 Å².